The Hall–Kier alpha value is -1.82. The van der Waals surface area contributed by atoms with Crippen molar-refractivity contribution in [2.45, 2.75) is 13.3 Å². The number of hydrogen-bond donors (Lipinski definition) is 1. The summed E-state index contributed by atoms with van der Waals surface area (Å²) in [7, 11) is 0. The SMILES string of the molecule is Cc1ncsc1CC(=O)Nc1ccc(F)cc1F. The number of rotatable bonds is 3. The van der Waals surface area contributed by atoms with Gasteiger partial charge in [-0.25, -0.2) is 13.8 Å². The van der Waals surface area contributed by atoms with Gasteiger partial charge in [-0.1, -0.05) is 0 Å². The summed E-state index contributed by atoms with van der Waals surface area (Å²) >= 11 is 1.37. The van der Waals surface area contributed by atoms with Crippen LogP contribution in [0, 0.1) is 18.6 Å². The van der Waals surface area contributed by atoms with Crippen LogP contribution >= 0.6 is 11.3 Å². The number of aryl methyl sites for hydroxylation is 1. The third-order valence-corrected chi connectivity index (χ3v) is 3.31. The first-order chi connectivity index (χ1) is 8.56. The van der Waals surface area contributed by atoms with E-state index in [-0.39, 0.29) is 18.0 Å². The minimum Gasteiger partial charge on any atom is -0.323 e. The molecular weight excluding hydrogens is 258 g/mol. The Morgan fingerprint density at radius 1 is 1.44 bits per heavy atom. The first kappa shape index (κ1) is 12.6. The van der Waals surface area contributed by atoms with Crippen LogP contribution in [-0.2, 0) is 11.2 Å². The Kier molecular flexibility index (Phi) is 3.66. The topological polar surface area (TPSA) is 42.0 Å². The Bertz CT molecular complexity index is 583. The fraction of sp³-hybridized carbons (Fsp3) is 0.167. The molecule has 6 heteroatoms. The van der Waals surface area contributed by atoms with Gasteiger partial charge in [0.05, 0.1) is 23.3 Å². The number of benzene rings is 1. The molecule has 0 fully saturated rings. The summed E-state index contributed by atoms with van der Waals surface area (Å²) in [6, 6.07) is 3.02. The average Bonchev–Trinajstić information content (AvgIpc) is 2.69. The van der Waals surface area contributed by atoms with E-state index >= 15 is 0 Å². The van der Waals surface area contributed by atoms with Gasteiger partial charge < -0.3 is 5.32 Å². The van der Waals surface area contributed by atoms with E-state index in [4.69, 9.17) is 0 Å². The van der Waals surface area contributed by atoms with Gasteiger partial charge in [0.15, 0.2) is 0 Å². The zero-order valence-corrected chi connectivity index (χ0v) is 10.4. The molecule has 0 radical (unpaired) electrons. The second kappa shape index (κ2) is 5.22. The molecule has 1 aromatic heterocycles. The lowest BCUT2D eigenvalue weighted by molar-refractivity contribution is -0.115. The fourth-order valence-corrected chi connectivity index (χ4v) is 2.20. The van der Waals surface area contributed by atoms with Gasteiger partial charge in [0, 0.05) is 10.9 Å². The lowest BCUT2D eigenvalue weighted by atomic mass is 10.2. The van der Waals surface area contributed by atoms with Crippen LogP contribution in [0.25, 0.3) is 0 Å². The van der Waals surface area contributed by atoms with Crippen LogP contribution in [0.3, 0.4) is 0 Å². The molecule has 0 unspecified atom stereocenters. The first-order valence-electron chi connectivity index (χ1n) is 5.20. The number of hydrogen-bond acceptors (Lipinski definition) is 3. The maximum Gasteiger partial charge on any atom is 0.229 e. The highest BCUT2D eigenvalue weighted by Gasteiger charge is 2.11. The van der Waals surface area contributed by atoms with Gasteiger partial charge in [0.1, 0.15) is 11.6 Å². The van der Waals surface area contributed by atoms with Gasteiger partial charge in [0.2, 0.25) is 5.91 Å². The van der Waals surface area contributed by atoms with Crippen LogP contribution in [0.5, 0.6) is 0 Å². The van der Waals surface area contributed by atoms with Crippen LogP contribution in [0.4, 0.5) is 14.5 Å². The lowest BCUT2D eigenvalue weighted by Gasteiger charge is -2.05. The highest BCUT2D eigenvalue weighted by molar-refractivity contribution is 7.09. The normalized spacial score (nSPS) is 10.4. The highest BCUT2D eigenvalue weighted by Crippen LogP contribution is 2.17. The van der Waals surface area contributed by atoms with Crippen LogP contribution in [0.1, 0.15) is 10.6 Å². The fourth-order valence-electron chi connectivity index (χ4n) is 1.43. The van der Waals surface area contributed by atoms with E-state index in [9.17, 15) is 13.6 Å². The molecular formula is C12H10F2N2OS. The predicted octanol–water partition coefficient (Wildman–Crippen LogP) is 2.91. The molecule has 0 atom stereocenters. The zero-order valence-electron chi connectivity index (χ0n) is 9.54. The first-order valence-corrected chi connectivity index (χ1v) is 6.08. The second-order valence-electron chi connectivity index (χ2n) is 3.71. The summed E-state index contributed by atoms with van der Waals surface area (Å²) in [5.41, 5.74) is 2.41. The van der Waals surface area contributed by atoms with Crippen LogP contribution in [0.15, 0.2) is 23.7 Å². The number of carbonyl (C=O) groups excluding carboxylic acids is 1. The maximum absolute atomic E-state index is 13.3. The standard InChI is InChI=1S/C12H10F2N2OS/c1-7-11(18-6-15-7)5-12(17)16-10-3-2-8(13)4-9(10)14/h2-4,6H,5H2,1H3,(H,16,17). The molecule has 3 nitrogen and oxygen atoms in total. The summed E-state index contributed by atoms with van der Waals surface area (Å²) in [6.45, 7) is 1.80. The molecule has 0 aliphatic carbocycles. The van der Waals surface area contributed by atoms with E-state index < -0.39 is 11.6 Å². The van der Waals surface area contributed by atoms with Crippen molar-refractivity contribution in [3.8, 4) is 0 Å². The lowest BCUT2D eigenvalue weighted by Crippen LogP contribution is -2.15. The van der Waals surface area contributed by atoms with Crippen LogP contribution < -0.4 is 5.32 Å². The molecule has 94 valence electrons. The van der Waals surface area contributed by atoms with Gasteiger partial charge in [-0.3, -0.25) is 4.79 Å². The van der Waals surface area contributed by atoms with Crippen molar-refractivity contribution < 1.29 is 13.6 Å². The molecule has 0 aliphatic rings. The van der Waals surface area contributed by atoms with Gasteiger partial charge in [-0.2, -0.15) is 0 Å². The number of carbonyl (C=O) groups is 1. The second-order valence-corrected chi connectivity index (χ2v) is 4.65. The molecule has 1 aromatic carbocycles. The molecule has 0 spiro atoms. The molecule has 0 saturated heterocycles. The number of anilines is 1. The number of amides is 1. The van der Waals surface area contributed by atoms with E-state index in [1.807, 2.05) is 0 Å². The third-order valence-electron chi connectivity index (χ3n) is 2.37. The monoisotopic (exact) mass is 268 g/mol. The molecule has 2 rings (SSSR count). The van der Waals surface area contributed by atoms with Crippen molar-refractivity contribution in [1.82, 2.24) is 4.98 Å². The van der Waals surface area contributed by atoms with Crippen molar-refractivity contribution in [3.05, 3.63) is 45.9 Å². The van der Waals surface area contributed by atoms with E-state index in [0.29, 0.717) is 0 Å². The maximum atomic E-state index is 13.3. The quantitative estimate of drug-likeness (QED) is 0.930. The highest BCUT2D eigenvalue weighted by atomic mass is 32.1. The average molecular weight is 268 g/mol. The predicted molar refractivity (Wildman–Crippen MR) is 65.5 cm³/mol. The molecule has 1 amide bonds. The Labute approximate surface area is 106 Å². The minimum absolute atomic E-state index is 0.0245. The molecule has 18 heavy (non-hydrogen) atoms. The van der Waals surface area contributed by atoms with Crippen molar-refractivity contribution in [1.29, 1.82) is 0 Å². The van der Waals surface area contributed by atoms with Gasteiger partial charge >= 0.3 is 0 Å². The largest absolute Gasteiger partial charge is 0.323 e. The number of halogens is 2. The zero-order chi connectivity index (χ0) is 13.1. The van der Waals surface area contributed by atoms with E-state index in [1.54, 1.807) is 12.4 Å². The Morgan fingerprint density at radius 3 is 2.83 bits per heavy atom. The number of thiazole rings is 1. The molecule has 0 bridgehead atoms. The van der Waals surface area contributed by atoms with E-state index in [1.165, 1.54) is 17.4 Å². The smallest absolute Gasteiger partial charge is 0.229 e. The van der Waals surface area contributed by atoms with Crippen molar-refractivity contribution in [2.75, 3.05) is 5.32 Å². The third kappa shape index (κ3) is 2.89. The van der Waals surface area contributed by atoms with Crippen molar-refractivity contribution >= 4 is 22.9 Å². The summed E-state index contributed by atoms with van der Waals surface area (Å²) in [5, 5.41) is 2.40. The summed E-state index contributed by atoms with van der Waals surface area (Å²) < 4.78 is 26.0. The van der Waals surface area contributed by atoms with Gasteiger partial charge in [-0.15, -0.1) is 11.3 Å². The summed E-state index contributed by atoms with van der Waals surface area (Å²) in [5.74, 6) is -1.82. The number of aromatic nitrogens is 1. The molecule has 1 heterocycles. The summed E-state index contributed by atoms with van der Waals surface area (Å²) in [6.07, 6.45) is 0.132. The number of nitrogens with one attached hydrogen (secondary N) is 1. The van der Waals surface area contributed by atoms with Crippen molar-refractivity contribution in [3.63, 3.8) is 0 Å². The molecule has 0 aliphatic heterocycles. The minimum atomic E-state index is -0.788. The van der Waals surface area contributed by atoms with Gasteiger partial charge in [0.25, 0.3) is 0 Å². The summed E-state index contributed by atoms with van der Waals surface area (Å²) in [4.78, 5) is 16.5. The Morgan fingerprint density at radius 2 is 2.22 bits per heavy atom. The van der Waals surface area contributed by atoms with Crippen LogP contribution in [-0.4, -0.2) is 10.9 Å². The Balaban J connectivity index is 2.05. The molecule has 1 N–H and O–H groups in total. The molecule has 2 aromatic rings. The van der Waals surface area contributed by atoms with Gasteiger partial charge in [-0.05, 0) is 19.1 Å². The van der Waals surface area contributed by atoms with E-state index in [2.05, 4.69) is 10.3 Å². The molecule has 0 saturated carbocycles. The van der Waals surface area contributed by atoms with Crippen LogP contribution in [0.2, 0.25) is 0 Å². The van der Waals surface area contributed by atoms with Crippen molar-refractivity contribution in [2.24, 2.45) is 0 Å². The number of nitrogens with zero attached hydrogens (tertiary/aromatic N) is 1. The van der Waals surface area contributed by atoms with E-state index in [0.717, 1.165) is 22.7 Å².